The van der Waals surface area contributed by atoms with E-state index in [0.29, 0.717) is 86.1 Å². The van der Waals surface area contributed by atoms with E-state index < -0.39 is 18.0 Å². The normalized spacial score (nSPS) is 15.0. The number of carbonyl (C=O) groups is 2. The van der Waals surface area contributed by atoms with Gasteiger partial charge in [-0.3, -0.25) is 4.79 Å². The Hall–Kier alpha value is -4.65. The maximum absolute atomic E-state index is 15.6. The Bertz CT molecular complexity index is 2970. The van der Waals surface area contributed by atoms with Crippen molar-refractivity contribution in [3.8, 4) is 22.3 Å². The van der Waals surface area contributed by atoms with Crippen molar-refractivity contribution in [2.75, 3.05) is 18.0 Å². The molecule has 65 heavy (non-hydrogen) atoms. The first kappa shape index (κ1) is 48.3. The molecule has 0 bridgehead atoms. The fourth-order valence-corrected chi connectivity index (χ4v) is 9.21. The van der Waals surface area contributed by atoms with Crippen molar-refractivity contribution in [1.29, 1.82) is 1.34 Å². The van der Waals surface area contributed by atoms with Crippen molar-refractivity contribution in [1.82, 2.24) is 25.3 Å². The Labute approximate surface area is 417 Å². The summed E-state index contributed by atoms with van der Waals surface area (Å²) in [4.78, 5) is 40.1. The van der Waals surface area contributed by atoms with E-state index >= 15 is 8.78 Å². The molecule has 6 heterocycles. The molecule has 4 aromatic heterocycles. The molecule has 0 aliphatic carbocycles. The predicted molar refractivity (Wildman–Crippen MR) is 252 cm³/mol. The van der Waals surface area contributed by atoms with Crippen molar-refractivity contribution < 1.29 is 59.0 Å². The number of fused-ring (bicyclic) bond motifs is 2. The predicted octanol–water partition coefficient (Wildman–Crippen LogP) is 10.6. The Kier molecular flexibility index (Phi) is 16.5. The van der Waals surface area contributed by atoms with Crippen LogP contribution in [-0.4, -0.2) is 71.7 Å². The van der Waals surface area contributed by atoms with Crippen LogP contribution in [0.4, 0.5) is 19.0 Å². The number of nitrogens with one attached hydrogen (secondary N) is 1. The van der Waals surface area contributed by atoms with Crippen LogP contribution in [0.3, 0.4) is 0 Å². The number of aromatic nitrogens is 4. The van der Waals surface area contributed by atoms with Gasteiger partial charge in [-0.1, -0.05) is 59.6 Å². The Morgan fingerprint density at radius 2 is 1.31 bits per heavy atom. The van der Waals surface area contributed by atoms with Gasteiger partial charge in [0.15, 0.2) is 0 Å². The van der Waals surface area contributed by atoms with Gasteiger partial charge in [-0.25, -0.2) is 33.5 Å². The number of hydrogen-bond donors (Lipinski definition) is 2. The minimum absolute atomic E-state index is 0. The number of halogens is 5. The maximum Gasteiger partial charge on any atom is 0.326 e. The zero-order valence-electron chi connectivity index (χ0n) is 35.6. The smallest absolute Gasteiger partial charge is 0.326 e. The monoisotopic (exact) mass is 1180 g/mol. The molecule has 4 aromatic carbocycles. The van der Waals surface area contributed by atoms with Crippen LogP contribution in [0.5, 0.6) is 0 Å². The molecule has 2 N–H and O–H groups in total. The van der Waals surface area contributed by atoms with Crippen LogP contribution < -0.4 is 10.2 Å². The zero-order chi connectivity index (χ0) is 46.2. The molecule has 0 spiro atoms. The van der Waals surface area contributed by atoms with E-state index in [1.165, 1.54) is 34.9 Å². The first-order valence-corrected chi connectivity index (χ1v) is 22.3. The summed E-state index contributed by atoms with van der Waals surface area (Å²) >= 11 is 15.1. The number of nitrogens with zero attached hydrogens (tertiary/aromatic N) is 5. The van der Waals surface area contributed by atoms with Gasteiger partial charge >= 0.3 is 5.97 Å². The molecule has 0 saturated carbocycles. The summed E-state index contributed by atoms with van der Waals surface area (Å²) in [5, 5.41) is 13.3. The van der Waals surface area contributed by atoms with Gasteiger partial charge in [0.2, 0.25) is 5.95 Å². The molecule has 2 atom stereocenters. The van der Waals surface area contributed by atoms with E-state index in [4.69, 9.17) is 24.5 Å². The van der Waals surface area contributed by atoms with E-state index in [2.05, 4.69) is 33.6 Å². The molecular weight excluding hydrogens is 1140 g/mol. The fourth-order valence-electron chi connectivity index (χ4n) is 7.33. The van der Waals surface area contributed by atoms with Crippen LogP contribution in [0.1, 0.15) is 42.0 Å². The third kappa shape index (κ3) is 11.5. The van der Waals surface area contributed by atoms with Crippen LogP contribution >= 0.6 is 45.9 Å². The summed E-state index contributed by atoms with van der Waals surface area (Å²) in [7, 11) is 3.75. The molecule has 2 aliphatic rings. The third-order valence-electron chi connectivity index (χ3n) is 10.8. The molecule has 2 radical (unpaired) electrons. The number of Topliss-reactive ketones (excluding diaryl/α,β-unsaturated/α-hetero) is 1. The van der Waals surface area contributed by atoms with Crippen LogP contribution in [0, 0.1) is 48.7 Å². The van der Waals surface area contributed by atoms with Crippen LogP contribution in [0.25, 0.3) is 42.7 Å². The number of carboxylic acids is 1. The molecule has 10 rings (SSSR count). The molecule has 2 fully saturated rings. The van der Waals surface area contributed by atoms with E-state index in [-0.39, 0.29) is 54.6 Å². The number of carboxylic acid groups (broad SMARTS) is 1. The van der Waals surface area contributed by atoms with E-state index in [1.807, 2.05) is 24.3 Å². The molecule has 8 aromatic rings. The second-order valence-electron chi connectivity index (χ2n) is 15.0. The number of aliphatic carboxylic acids is 1. The van der Waals surface area contributed by atoms with Crippen LogP contribution in [0.15, 0.2) is 108 Å². The van der Waals surface area contributed by atoms with Gasteiger partial charge in [-0.05, 0) is 110 Å². The summed E-state index contributed by atoms with van der Waals surface area (Å²) in [6, 6.07) is 24.0. The molecule has 9 nitrogen and oxygen atoms in total. The van der Waals surface area contributed by atoms with Gasteiger partial charge in [-0.2, -0.15) is 4.39 Å². The fraction of sp³-hybridized carbons (Fsp3) is 0.191. The zero-order valence-corrected chi connectivity index (χ0v) is 41.9. The number of hydrogen-bond acceptors (Lipinski definition) is 10. The third-order valence-corrected chi connectivity index (χ3v) is 12.8. The molecule has 18 heteroatoms. The van der Waals surface area contributed by atoms with Crippen molar-refractivity contribution in [2.45, 2.75) is 44.7 Å². The molecular formula is C47H38BCl2F3N6O3S2U. The summed E-state index contributed by atoms with van der Waals surface area (Å²) in [5.41, 5.74) is 9.55. The SMILES string of the molecule is CC(=O)[C@H]1CCN1.Fc1ccc(Cc2cc3scnc3c(-c3cccc(Cl)c3)c2F)cn1.O=C(O)[C@H]1CCN1c1ccc(Cc2cc3scnc3c(-c3cccc(Cl)c3)c2F)cn1.[2H][B].[U]. The molecule has 0 amide bonds. The first-order valence-electron chi connectivity index (χ1n) is 20.4. The average molecular weight is 1180 g/mol. The number of carbonyl (C=O) groups excluding carboxylic acids is 1. The number of anilines is 1. The van der Waals surface area contributed by atoms with Gasteiger partial charge in [0, 0.05) is 92.4 Å². The Morgan fingerprint density at radius 1 is 0.785 bits per heavy atom. The summed E-state index contributed by atoms with van der Waals surface area (Å²) in [6.07, 6.45) is 5.44. The van der Waals surface area contributed by atoms with E-state index in [9.17, 15) is 19.1 Å². The minimum atomic E-state index is -0.842. The Morgan fingerprint density at radius 3 is 1.68 bits per heavy atom. The number of ketones is 1. The molecule has 0 unspecified atom stereocenters. The molecule has 2 saturated heterocycles. The second kappa shape index (κ2) is 22.2. The standard InChI is InChI=1S/C23H17ClFN3O2S.C19H11ClF2N2S.C5H9NO.BH.U/c24-16-3-1-2-14(9-16)20-21(25)15(10-18-22(20)27-12-31-18)8-13-4-5-19(26-11-13)28-7-6-17(28)23(29)30;20-14-3-1-2-12(7-14)17-18(22)13(8-15-19(17)24-10-25-15)6-11-4-5-16(21)23-9-11;1-4(7)5-2-3-6-5;;/h1-5,9-12,17H,6-8H2,(H,29,30);1-5,7-10H,6H2;5-6H,2-3H2,1H3;1H;/t17-;;5-;;/m1.1../s1/i;;;1D;. The van der Waals surface area contributed by atoms with Gasteiger partial charge < -0.3 is 15.3 Å². The van der Waals surface area contributed by atoms with Crippen molar-refractivity contribution >= 4 is 92.3 Å². The average Bonchev–Trinajstić information content (AvgIpc) is 3.92. The number of rotatable bonds is 9. The van der Waals surface area contributed by atoms with E-state index in [1.54, 1.807) is 83.6 Å². The first-order chi connectivity index (χ1) is 31.4. The van der Waals surface area contributed by atoms with Gasteiger partial charge in [0.25, 0.3) is 0 Å². The number of thiazole rings is 2. The second-order valence-corrected chi connectivity index (χ2v) is 17.6. The van der Waals surface area contributed by atoms with Crippen molar-refractivity contribution in [3.05, 3.63) is 158 Å². The van der Waals surface area contributed by atoms with Gasteiger partial charge in [0.05, 0.1) is 37.5 Å². The van der Waals surface area contributed by atoms with Gasteiger partial charge in [-0.15, -0.1) is 22.7 Å². The largest absolute Gasteiger partial charge is 0.480 e. The van der Waals surface area contributed by atoms with E-state index in [0.717, 1.165) is 33.5 Å². The maximum atomic E-state index is 15.6. The Balaban J connectivity index is 0.000000184. The molecule has 328 valence electrons. The summed E-state index contributed by atoms with van der Waals surface area (Å²) in [6.45, 7) is 3.31. The summed E-state index contributed by atoms with van der Waals surface area (Å²) < 4.78 is 50.9. The van der Waals surface area contributed by atoms with Crippen molar-refractivity contribution in [2.24, 2.45) is 0 Å². The van der Waals surface area contributed by atoms with Crippen LogP contribution in [-0.2, 0) is 22.4 Å². The van der Waals surface area contributed by atoms with Crippen molar-refractivity contribution in [3.63, 3.8) is 0 Å². The summed E-state index contributed by atoms with van der Waals surface area (Å²) in [5.74, 6) is -1.16. The molecule has 2 aliphatic heterocycles. The van der Waals surface area contributed by atoms with Gasteiger partial charge in [0.1, 0.15) is 29.3 Å². The quantitative estimate of drug-likeness (QED) is 0.108. The minimum Gasteiger partial charge on any atom is -0.480 e. The number of benzene rings is 4. The number of pyridine rings is 2. The van der Waals surface area contributed by atoms with Crippen LogP contribution in [0.2, 0.25) is 10.0 Å². The topological polar surface area (TPSA) is 121 Å².